The lowest BCUT2D eigenvalue weighted by molar-refractivity contribution is -0.120. The quantitative estimate of drug-likeness (QED) is 0.414. The highest BCUT2D eigenvalue weighted by atomic mass is 35.5. The topological polar surface area (TPSA) is 119 Å². The van der Waals surface area contributed by atoms with Gasteiger partial charge in [-0.1, -0.05) is 11.6 Å². The predicted molar refractivity (Wildman–Crippen MR) is 122 cm³/mol. The molecule has 0 aliphatic heterocycles. The number of carbonyl (C=O) groups is 1. The number of nitrogens with zero attached hydrogens (tertiary/aromatic N) is 4. The Hall–Kier alpha value is -3.69. The number of halogens is 2. The molecule has 4 N–H and O–H groups in total. The number of fused-ring (bicyclic) bond motifs is 1. The van der Waals surface area contributed by atoms with Crippen LogP contribution < -0.4 is 16.4 Å². The van der Waals surface area contributed by atoms with Gasteiger partial charge in [-0.25, -0.2) is 24.3 Å². The van der Waals surface area contributed by atoms with Crippen LogP contribution >= 0.6 is 11.6 Å². The molecule has 1 aromatic carbocycles. The number of rotatable bonds is 5. The second-order valence-corrected chi connectivity index (χ2v) is 8.08. The minimum Gasteiger partial charge on any atom is -0.339 e. The molecular formula is C22H19ClFN7O. The first-order valence-corrected chi connectivity index (χ1v) is 9.99. The molecule has 0 saturated heterocycles. The number of hydrogen-bond donors (Lipinski definition) is 3. The van der Waals surface area contributed by atoms with Crippen molar-refractivity contribution < 1.29 is 9.18 Å². The Balaban J connectivity index is 1.74. The predicted octanol–water partition coefficient (Wildman–Crippen LogP) is 4.30. The molecule has 0 bridgehead atoms. The van der Waals surface area contributed by atoms with Crippen molar-refractivity contribution in [2.24, 2.45) is 5.73 Å². The summed E-state index contributed by atoms with van der Waals surface area (Å²) in [7, 11) is 0. The van der Waals surface area contributed by atoms with E-state index in [4.69, 9.17) is 17.3 Å². The van der Waals surface area contributed by atoms with Crippen LogP contribution in [0.25, 0.3) is 22.3 Å². The molecular weight excluding hydrogens is 433 g/mol. The molecule has 0 radical (unpaired) electrons. The zero-order chi connectivity index (χ0) is 22.9. The number of pyridine rings is 2. The summed E-state index contributed by atoms with van der Waals surface area (Å²) in [6, 6.07) is 11.1. The van der Waals surface area contributed by atoms with Crippen LogP contribution in [0.2, 0.25) is 5.02 Å². The van der Waals surface area contributed by atoms with E-state index in [1.54, 1.807) is 38.2 Å². The van der Waals surface area contributed by atoms with Crippen LogP contribution in [0.3, 0.4) is 0 Å². The van der Waals surface area contributed by atoms with E-state index in [-0.39, 0.29) is 17.3 Å². The van der Waals surface area contributed by atoms with Crippen LogP contribution in [0, 0.1) is 5.82 Å². The van der Waals surface area contributed by atoms with E-state index in [2.05, 4.69) is 30.6 Å². The molecule has 3 heterocycles. The highest BCUT2D eigenvalue weighted by Crippen LogP contribution is 2.31. The van der Waals surface area contributed by atoms with Crippen LogP contribution in [-0.2, 0) is 4.79 Å². The number of aromatic nitrogens is 4. The summed E-state index contributed by atoms with van der Waals surface area (Å²) in [5, 5.41) is 6.91. The largest absolute Gasteiger partial charge is 0.339 e. The van der Waals surface area contributed by atoms with Crippen molar-refractivity contribution >= 4 is 45.9 Å². The standard InChI is InChI=1S/C22H19ClFN7O/c1-22(2,25)21(32)31-19-10-18(27-11-28-19)29-16-9-17(14-8-12(23)5-6-15(14)24)30-20-13(16)4-3-7-26-20/h3-11H,25H2,1-2H3,(H2,26,27,28,29,30,31,32). The van der Waals surface area contributed by atoms with Crippen molar-refractivity contribution in [2.75, 3.05) is 10.6 Å². The van der Waals surface area contributed by atoms with Gasteiger partial charge in [-0.15, -0.1) is 0 Å². The summed E-state index contributed by atoms with van der Waals surface area (Å²) in [6.45, 7) is 3.19. The number of hydrogen-bond acceptors (Lipinski definition) is 7. The summed E-state index contributed by atoms with van der Waals surface area (Å²) < 4.78 is 14.5. The molecule has 32 heavy (non-hydrogen) atoms. The minimum atomic E-state index is -1.07. The number of nitrogens with one attached hydrogen (secondary N) is 2. The molecule has 3 aromatic heterocycles. The van der Waals surface area contributed by atoms with Gasteiger partial charge in [-0.2, -0.15) is 0 Å². The average molecular weight is 452 g/mol. The summed E-state index contributed by atoms with van der Waals surface area (Å²) in [5.74, 6) is -0.165. The molecule has 0 spiro atoms. The number of amides is 1. The molecule has 0 aliphatic rings. The lowest BCUT2D eigenvalue weighted by Gasteiger charge is -2.17. The van der Waals surface area contributed by atoms with Crippen LogP contribution in [0.15, 0.2) is 55.0 Å². The van der Waals surface area contributed by atoms with E-state index < -0.39 is 11.4 Å². The molecule has 4 rings (SSSR count). The van der Waals surface area contributed by atoms with Gasteiger partial charge in [0.05, 0.1) is 16.9 Å². The third kappa shape index (κ3) is 4.63. The maximum Gasteiger partial charge on any atom is 0.245 e. The fourth-order valence-electron chi connectivity index (χ4n) is 2.90. The molecule has 0 saturated carbocycles. The molecule has 0 atom stereocenters. The first-order valence-electron chi connectivity index (χ1n) is 9.61. The van der Waals surface area contributed by atoms with Gasteiger partial charge in [0.25, 0.3) is 0 Å². The van der Waals surface area contributed by atoms with Crippen molar-refractivity contribution in [1.29, 1.82) is 0 Å². The third-order valence-electron chi connectivity index (χ3n) is 4.55. The molecule has 4 aromatic rings. The molecule has 0 aliphatic carbocycles. The number of benzene rings is 1. The Morgan fingerprint density at radius 2 is 1.88 bits per heavy atom. The summed E-state index contributed by atoms with van der Waals surface area (Å²) in [6.07, 6.45) is 2.91. The number of nitrogens with two attached hydrogens (primary N) is 1. The van der Waals surface area contributed by atoms with E-state index in [1.165, 1.54) is 24.5 Å². The maximum absolute atomic E-state index is 14.5. The minimum absolute atomic E-state index is 0.244. The molecule has 10 heteroatoms. The number of carbonyl (C=O) groups excluding carboxylic acids is 1. The van der Waals surface area contributed by atoms with Crippen LogP contribution in [0.1, 0.15) is 13.8 Å². The third-order valence-corrected chi connectivity index (χ3v) is 4.78. The second kappa shape index (κ2) is 8.45. The van der Waals surface area contributed by atoms with E-state index in [0.717, 1.165) is 0 Å². The van der Waals surface area contributed by atoms with Crippen LogP contribution in [0.5, 0.6) is 0 Å². The average Bonchev–Trinajstić information content (AvgIpc) is 2.75. The van der Waals surface area contributed by atoms with E-state index >= 15 is 0 Å². The van der Waals surface area contributed by atoms with Gasteiger partial charge >= 0.3 is 0 Å². The SMILES string of the molecule is CC(C)(N)C(=O)Nc1cc(Nc2cc(-c3cc(Cl)ccc3F)nc3ncccc23)ncn1. The first-order chi connectivity index (χ1) is 15.2. The fourth-order valence-corrected chi connectivity index (χ4v) is 3.07. The monoisotopic (exact) mass is 451 g/mol. The molecule has 1 amide bonds. The molecule has 0 unspecified atom stereocenters. The van der Waals surface area contributed by atoms with Gasteiger partial charge in [0, 0.05) is 28.2 Å². The van der Waals surface area contributed by atoms with E-state index in [1.807, 2.05) is 6.07 Å². The summed E-state index contributed by atoms with van der Waals surface area (Å²) >= 11 is 6.06. The molecule has 8 nitrogen and oxygen atoms in total. The van der Waals surface area contributed by atoms with Gasteiger partial charge in [0.2, 0.25) is 5.91 Å². The lowest BCUT2D eigenvalue weighted by atomic mass is 10.1. The Bertz CT molecular complexity index is 1320. The highest BCUT2D eigenvalue weighted by Gasteiger charge is 2.22. The van der Waals surface area contributed by atoms with Gasteiger partial charge in [0.1, 0.15) is 23.8 Å². The zero-order valence-electron chi connectivity index (χ0n) is 17.2. The van der Waals surface area contributed by atoms with Gasteiger partial charge in [-0.3, -0.25) is 4.79 Å². The molecule has 0 fully saturated rings. The van der Waals surface area contributed by atoms with Gasteiger partial charge in [0.15, 0.2) is 5.65 Å². The van der Waals surface area contributed by atoms with Crippen molar-refractivity contribution in [3.63, 3.8) is 0 Å². The van der Waals surface area contributed by atoms with Crippen molar-refractivity contribution in [1.82, 2.24) is 19.9 Å². The van der Waals surface area contributed by atoms with E-state index in [9.17, 15) is 9.18 Å². The zero-order valence-corrected chi connectivity index (χ0v) is 18.0. The second-order valence-electron chi connectivity index (χ2n) is 7.64. The van der Waals surface area contributed by atoms with Crippen molar-refractivity contribution in [3.05, 3.63) is 65.8 Å². The maximum atomic E-state index is 14.5. The lowest BCUT2D eigenvalue weighted by Crippen LogP contribution is -2.45. The summed E-state index contributed by atoms with van der Waals surface area (Å²) in [4.78, 5) is 29.2. The van der Waals surface area contributed by atoms with Crippen molar-refractivity contribution in [2.45, 2.75) is 19.4 Å². The first kappa shape index (κ1) is 21.5. The van der Waals surface area contributed by atoms with Gasteiger partial charge in [-0.05, 0) is 50.2 Å². The van der Waals surface area contributed by atoms with Gasteiger partial charge < -0.3 is 16.4 Å². The Morgan fingerprint density at radius 1 is 1.09 bits per heavy atom. The Labute approximate surface area is 188 Å². The van der Waals surface area contributed by atoms with E-state index in [0.29, 0.717) is 33.3 Å². The van der Waals surface area contributed by atoms with Crippen LogP contribution in [-0.4, -0.2) is 31.4 Å². The summed E-state index contributed by atoms with van der Waals surface area (Å²) in [5.41, 5.74) is 6.36. The Kier molecular flexibility index (Phi) is 5.68. The Morgan fingerprint density at radius 3 is 2.66 bits per heavy atom. The van der Waals surface area contributed by atoms with Crippen molar-refractivity contribution in [3.8, 4) is 11.3 Å². The smallest absolute Gasteiger partial charge is 0.245 e. The highest BCUT2D eigenvalue weighted by molar-refractivity contribution is 6.30. The molecule has 162 valence electrons. The number of anilines is 3. The normalized spacial score (nSPS) is 11.4. The van der Waals surface area contributed by atoms with Crippen LogP contribution in [0.4, 0.5) is 21.7 Å². The fraction of sp³-hybridized carbons (Fsp3) is 0.136.